The zero-order valence-corrected chi connectivity index (χ0v) is 19.8. The first-order valence-electron chi connectivity index (χ1n) is 10.8. The molecule has 0 aromatic heterocycles. The molecular weight excluding hydrogens is 503 g/mol. The van der Waals surface area contributed by atoms with Gasteiger partial charge in [-0.25, -0.2) is 13.1 Å². The summed E-state index contributed by atoms with van der Waals surface area (Å²) in [7, 11) is -3.95. The van der Waals surface area contributed by atoms with E-state index in [0.717, 1.165) is 17.5 Å². The lowest BCUT2D eigenvalue weighted by atomic mass is 10.1. The molecule has 1 aliphatic rings. The summed E-state index contributed by atoms with van der Waals surface area (Å²) in [6.45, 7) is 0.0334. The minimum absolute atomic E-state index is 0.0977. The van der Waals surface area contributed by atoms with Crippen molar-refractivity contribution in [2.45, 2.75) is 6.18 Å². The third-order valence-corrected chi connectivity index (χ3v) is 6.01. The van der Waals surface area contributed by atoms with Crippen LogP contribution >= 0.6 is 0 Å². The zero-order valence-electron chi connectivity index (χ0n) is 19.0. The van der Waals surface area contributed by atoms with Gasteiger partial charge in [0, 0.05) is 18.5 Å². The van der Waals surface area contributed by atoms with Crippen LogP contribution < -0.4 is 14.9 Å². The number of rotatable bonds is 9. The molecule has 1 amide bonds. The van der Waals surface area contributed by atoms with Crippen LogP contribution in [0, 0.1) is 0 Å². The summed E-state index contributed by atoms with van der Waals surface area (Å²) >= 11 is 0. The van der Waals surface area contributed by atoms with Crippen LogP contribution in [-0.2, 0) is 35.3 Å². The molecule has 0 aliphatic carbocycles. The Bertz CT molecular complexity index is 1200. The molecule has 0 radical (unpaired) electrons. The first-order valence-corrected chi connectivity index (χ1v) is 12.3. The second-order valence-electron chi connectivity index (χ2n) is 7.62. The smallest absolute Gasteiger partial charge is 0.416 e. The van der Waals surface area contributed by atoms with E-state index in [1.807, 2.05) is 4.72 Å². The monoisotopic (exact) mass is 527 g/mol. The molecule has 194 valence electrons. The standard InChI is InChI=1S/C23H24F3N3O6S/c24-23(25,26)18-6-7-20(29-9-11-34-12-10-29)19(14-18)28-21(30)16-35-22(31)15-27-36(32,33)13-8-17-4-2-1-3-5-17/h1-8,13-14,27H,9-12,15-16H2,(H,28,30)/b13-8+. The van der Waals surface area contributed by atoms with Gasteiger partial charge in [-0.05, 0) is 29.8 Å². The first kappa shape index (κ1) is 27.2. The van der Waals surface area contributed by atoms with Gasteiger partial charge in [0.1, 0.15) is 6.54 Å². The molecular formula is C23H24F3N3O6S. The Labute approximate surface area is 205 Å². The number of carbonyl (C=O) groups excluding carboxylic acids is 2. The maximum absolute atomic E-state index is 13.2. The number of anilines is 2. The van der Waals surface area contributed by atoms with E-state index in [1.165, 1.54) is 12.1 Å². The lowest BCUT2D eigenvalue weighted by Gasteiger charge is -2.31. The van der Waals surface area contributed by atoms with Crippen molar-refractivity contribution in [1.29, 1.82) is 0 Å². The Balaban J connectivity index is 1.56. The topological polar surface area (TPSA) is 114 Å². The van der Waals surface area contributed by atoms with Gasteiger partial charge in [-0.1, -0.05) is 30.3 Å². The molecule has 2 aromatic carbocycles. The van der Waals surface area contributed by atoms with E-state index in [2.05, 4.69) is 5.32 Å². The second kappa shape index (κ2) is 12.0. The largest absolute Gasteiger partial charge is 0.455 e. The minimum Gasteiger partial charge on any atom is -0.455 e. The van der Waals surface area contributed by atoms with E-state index in [4.69, 9.17) is 9.47 Å². The number of morpholine rings is 1. The van der Waals surface area contributed by atoms with Crippen molar-refractivity contribution in [2.24, 2.45) is 0 Å². The van der Waals surface area contributed by atoms with Crippen LogP contribution in [0.2, 0.25) is 0 Å². The highest BCUT2D eigenvalue weighted by molar-refractivity contribution is 7.92. The third kappa shape index (κ3) is 8.36. The van der Waals surface area contributed by atoms with Gasteiger partial charge in [0.25, 0.3) is 5.91 Å². The minimum atomic E-state index is -4.62. The highest BCUT2D eigenvalue weighted by Crippen LogP contribution is 2.35. The molecule has 1 saturated heterocycles. The summed E-state index contributed by atoms with van der Waals surface area (Å²) in [5, 5.41) is 3.22. The molecule has 0 unspecified atom stereocenters. The third-order valence-electron chi connectivity index (χ3n) is 4.97. The Morgan fingerprint density at radius 1 is 1.08 bits per heavy atom. The Morgan fingerprint density at radius 3 is 2.44 bits per heavy atom. The van der Waals surface area contributed by atoms with E-state index in [1.54, 1.807) is 35.2 Å². The van der Waals surface area contributed by atoms with Crippen molar-refractivity contribution in [3.8, 4) is 0 Å². The highest BCUT2D eigenvalue weighted by Gasteiger charge is 2.32. The van der Waals surface area contributed by atoms with Crippen LogP contribution in [0.1, 0.15) is 11.1 Å². The first-order chi connectivity index (χ1) is 17.0. The lowest BCUT2D eigenvalue weighted by molar-refractivity contribution is -0.146. The van der Waals surface area contributed by atoms with Crippen LogP contribution in [0.25, 0.3) is 6.08 Å². The maximum Gasteiger partial charge on any atom is 0.416 e. The zero-order chi connectivity index (χ0) is 26.2. The van der Waals surface area contributed by atoms with Crippen LogP contribution in [0.3, 0.4) is 0 Å². The van der Waals surface area contributed by atoms with E-state index >= 15 is 0 Å². The highest BCUT2D eigenvalue weighted by atomic mass is 32.2. The Kier molecular flexibility index (Phi) is 9.07. The molecule has 36 heavy (non-hydrogen) atoms. The number of ether oxygens (including phenoxy) is 2. The van der Waals surface area contributed by atoms with Crippen molar-refractivity contribution in [3.63, 3.8) is 0 Å². The van der Waals surface area contributed by atoms with Crippen molar-refractivity contribution >= 4 is 39.4 Å². The summed E-state index contributed by atoms with van der Waals surface area (Å²) in [5.41, 5.74) is -0.0543. The summed E-state index contributed by atoms with van der Waals surface area (Å²) in [5.74, 6) is -1.93. The fraction of sp³-hybridized carbons (Fsp3) is 0.304. The predicted octanol–water partition coefficient (Wildman–Crippen LogP) is 2.61. The van der Waals surface area contributed by atoms with Crippen molar-refractivity contribution < 1.29 is 40.7 Å². The number of carbonyl (C=O) groups is 2. The number of alkyl halides is 3. The maximum atomic E-state index is 13.2. The molecule has 3 rings (SSSR count). The molecule has 2 N–H and O–H groups in total. The Morgan fingerprint density at radius 2 is 1.78 bits per heavy atom. The van der Waals surface area contributed by atoms with Gasteiger partial charge in [0.05, 0.1) is 30.2 Å². The molecule has 1 heterocycles. The molecule has 9 nitrogen and oxygen atoms in total. The summed E-state index contributed by atoms with van der Waals surface area (Å²) < 4.78 is 75.6. The van der Waals surface area contributed by atoms with E-state index in [9.17, 15) is 31.2 Å². The van der Waals surface area contributed by atoms with Gasteiger partial charge in [0.15, 0.2) is 6.61 Å². The average molecular weight is 528 g/mol. The van der Waals surface area contributed by atoms with Crippen LogP contribution in [0.15, 0.2) is 53.9 Å². The van der Waals surface area contributed by atoms with E-state index in [-0.39, 0.29) is 5.69 Å². The number of benzene rings is 2. The number of hydrogen-bond acceptors (Lipinski definition) is 7. The molecule has 1 fully saturated rings. The Hall–Kier alpha value is -3.42. The van der Waals surface area contributed by atoms with Crippen molar-refractivity contribution in [1.82, 2.24) is 4.72 Å². The number of nitrogens with zero attached hydrogens (tertiary/aromatic N) is 1. The van der Waals surface area contributed by atoms with Crippen molar-refractivity contribution in [2.75, 3.05) is 49.7 Å². The SMILES string of the molecule is O=C(COC(=O)CNS(=O)(=O)/C=C/c1ccccc1)Nc1cc(C(F)(F)F)ccc1N1CCOCC1. The molecule has 2 aromatic rings. The number of amides is 1. The van der Waals surface area contributed by atoms with Gasteiger partial charge in [-0.2, -0.15) is 13.2 Å². The van der Waals surface area contributed by atoms with Crippen LogP contribution in [-0.4, -0.2) is 59.7 Å². The number of nitrogens with one attached hydrogen (secondary N) is 2. The van der Waals surface area contributed by atoms with Crippen LogP contribution in [0.4, 0.5) is 24.5 Å². The van der Waals surface area contributed by atoms with E-state index < -0.39 is 46.8 Å². The average Bonchev–Trinajstić information content (AvgIpc) is 2.86. The normalized spacial score (nSPS) is 14.6. The van der Waals surface area contributed by atoms with Gasteiger partial charge >= 0.3 is 12.1 Å². The fourth-order valence-electron chi connectivity index (χ4n) is 3.22. The molecule has 0 spiro atoms. The summed E-state index contributed by atoms with van der Waals surface area (Å²) in [6.07, 6.45) is -3.29. The molecule has 13 heteroatoms. The van der Waals surface area contributed by atoms with Crippen LogP contribution in [0.5, 0.6) is 0 Å². The van der Waals surface area contributed by atoms with Gasteiger partial charge in [0.2, 0.25) is 10.0 Å². The van der Waals surface area contributed by atoms with Gasteiger partial charge in [-0.15, -0.1) is 0 Å². The molecule has 0 atom stereocenters. The van der Waals surface area contributed by atoms with E-state index in [0.29, 0.717) is 37.6 Å². The fourth-order valence-corrected chi connectivity index (χ4v) is 3.97. The quantitative estimate of drug-likeness (QED) is 0.482. The van der Waals surface area contributed by atoms with Crippen molar-refractivity contribution in [3.05, 3.63) is 65.1 Å². The molecule has 1 aliphatic heterocycles. The van der Waals surface area contributed by atoms with Gasteiger partial charge < -0.3 is 19.7 Å². The predicted molar refractivity (Wildman–Crippen MR) is 126 cm³/mol. The number of hydrogen-bond donors (Lipinski definition) is 2. The summed E-state index contributed by atoms with van der Waals surface area (Å²) in [4.78, 5) is 26.0. The second-order valence-corrected chi connectivity index (χ2v) is 9.27. The molecule has 0 saturated carbocycles. The molecule has 0 bridgehead atoms. The number of halogens is 3. The summed E-state index contributed by atoms with van der Waals surface area (Å²) in [6, 6.07) is 11.6. The van der Waals surface area contributed by atoms with Gasteiger partial charge in [-0.3, -0.25) is 9.59 Å². The lowest BCUT2D eigenvalue weighted by Crippen LogP contribution is -2.37. The number of esters is 1. The number of sulfonamides is 1.